The minimum Gasteiger partial charge on any atom is -0.208 e. The van der Waals surface area contributed by atoms with E-state index in [9.17, 15) is 0 Å². The highest BCUT2D eigenvalue weighted by Crippen LogP contribution is 2.61. The molecule has 2 unspecified atom stereocenters. The van der Waals surface area contributed by atoms with Gasteiger partial charge in [-0.05, 0) is 82.9 Å². The number of fused-ring (bicyclic) bond motifs is 3. The summed E-state index contributed by atoms with van der Waals surface area (Å²) < 4.78 is 0. The van der Waals surface area contributed by atoms with Crippen molar-refractivity contribution in [3.8, 4) is 45.0 Å². The molecule has 1 aromatic heterocycles. The second kappa shape index (κ2) is 14.9. The van der Waals surface area contributed by atoms with Crippen molar-refractivity contribution in [1.82, 2.24) is 15.0 Å². The number of hydrogen-bond acceptors (Lipinski definition) is 3. The Morgan fingerprint density at radius 3 is 1.55 bits per heavy atom. The lowest BCUT2D eigenvalue weighted by Crippen LogP contribution is -2.35. The highest BCUT2D eigenvalue weighted by molar-refractivity contribution is 6.25. The van der Waals surface area contributed by atoms with Crippen LogP contribution in [0.25, 0.3) is 82.9 Å². The summed E-state index contributed by atoms with van der Waals surface area (Å²) in [5.41, 5.74) is 12.3. The summed E-state index contributed by atoms with van der Waals surface area (Å²) in [6.45, 7) is 0. The molecule has 65 heavy (non-hydrogen) atoms. The van der Waals surface area contributed by atoms with Crippen LogP contribution in [0.5, 0.6) is 0 Å². The lowest BCUT2D eigenvalue weighted by Gasteiger charge is -2.39. The molecule has 0 saturated carbocycles. The Bertz CT molecular complexity index is 3580. The minimum absolute atomic E-state index is 0.0180. The number of rotatable bonds is 7. The van der Waals surface area contributed by atoms with Crippen molar-refractivity contribution in [3.63, 3.8) is 0 Å². The number of allylic oxidation sites excluding steroid dienone is 4. The molecular weight excluding hydrogens is 787 g/mol. The van der Waals surface area contributed by atoms with E-state index in [-0.39, 0.29) is 11.8 Å². The van der Waals surface area contributed by atoms with Crippen LogP contribution in [0, 0.1) is 5.92 Å². The van der Waals surface area contributed by atoms with Gasteiger partial charge < -0.3 is 0 Å². The molecule has 3 heteroatoms. The molecule has 0 saturated heterocycles. The third kappa shape index (κ3) is 5.93. The summed E-state index contributed by atoms with van der Waals surface area (Å²) in [6, 6.07) is 79.3. The van der Waals surface area contributed by atoms with E-state index < -0.39 is 5.41 Å². The van der Waals surface area contributed by atoms with Crippen LogP contribution in [0.4, 0.5) is 0 Å². The second-order valence-corrected chi connectivity index (χ2v) is 17.5. The smallest absolute Gasteiger partial charge is 0.164 e. The van der Waals surface area contributed by atoms with Crippen LogP contribution < -0.4 is 0 Å². The lowest BCUT2D eigenvalue weighted by molar-refractivity contribution is 0.458. The summed E-state index contributed by atoms with van der Waals surface area (Å²) in [4.78, 5) is 15.6. The quantitative estimate of drug-likeness (QED) is 0.150. The molecular formula is C62H41N3. The van der Waals surface area contributed by atoms with Gasteiger partial charge in [-0.1, -0.05) is 231 Å². The maximum Gasteiger partial charge on any atom is 0.164 e. The van der Waals surface area contributed by atoms with Gasteiger partial charge in [-0.2, -0.15) is 0 Å². The summed E-state index contributed by atoms with van der Waals surface area (Å²) in [7, 11) is 0. The van der Waals surface area contributed by atoms with Crippen LogP contribution in [-0.2, 0) is 5.41 Å². The maximum absolute atomic E-state index is 5.29. The van der Waals surface area contributed by atoms with E-state index in [2.05, 4.69) is 212 Å². The predicted octanol–water partition coefficient (Wildman–Crippen LogP) is 15.1. The van der Waals surface area contributed by atoms with Gasteiger partial charge in [0.05, 0.1) is 5.41 Å². The van der Waals surface area contributed by atoms with E-state index in [1.165, 1.54) is 71.3 Å². The standard InChI is InChI=1S/C62H41N3/c1-5-14-40(15-6-1)41-24-28-46(29-25-41)60-63-59(45-16-7-2-8-17-45)64-61(65-60)48-33-36-53-52-35-32-47(51-34-30-44-27-26-42-18-13-19-43-31-37-54(51)58(44)57(42)43)38-55(52)62(56(53)39-48,49-20-9-3-10-21-49)50-22-11-4-12-23-50/h1-39,53,56H. The van der Waals surface area contributed by atoms with Gasteiger partial charge in [0.2, 0.25) is 0 Å². The van der Waals surface area contributed by atoms with Crippen molar-refractivity contribution >= 4 is 37.9 Å². The molecule has 0 spiro atoms. The third-order valence-electron chi connectivity index (χ3n) is 14.0. The average Bonchev–Trinajstić information content (AvgIpc) is 3.68. The Hall–Kier alpha value is -8.27. The van der Waals surface area contributed by atoms with Crippen molar-refractivity contribution in [2.24, 2.45) is 5.92 Å². The largest absolute Gasteiger partial charge is 0.208 e. The summed E-state index contributed by atoms with van der Waals surface area (Å²) in [5, 5.41) is 7.78. The van der Waals surface area contributed by atoms with Crippen molar-refractivity contribution in [2.45, 2.75) is 11.3 Å². The molecule has 2 aliphatic rings. The van der Waals surface area contributed by atoms with Crippen molar-refractivity contribution in [1.29, 1.82) is 0 Å². The number of nitrogens with zero attached hydrogens (tertiary/aromatic N) is 3. The van der Waals surface area contributed by atoms with Crippen molar-refractivity contribution in [2.75, 3.05) is 0 Å². The summed E-state index contributed by atoms with van der Waals surface area (Å²) in [6.07, 6.45) is 7.12. The Labute approximate surface area is 378 Å². The zero-order chi connectivity index (χ0) is 42.9. The molecule has 0 radical (unpaired) electrons. The van der Waals surface area contributed by atoms with Crippen molar-refractivity contribution in [3.05, 3.63) is 265 Å². The Morgan fingerprint density at radius 1 is 0.385 bits per heavy atom. The normalized spacial score (nSPS) is 16.2. The highest BCUT2D eigenvalue weighted by atomic mass is 15.0. The van der Waals surface area contributed by atoms with Gasteiger partial charge >= 0.3 is 0 Å². The van der Waals surface area contributed by atoms with Crippen LogP contribution in [0.3, 0.4) is 0 Å². The first-order chi connectivity index (χ1) is 32.2. The zero-order valence-electron chi connectivity index (χ0n) is 35.5. The molecule has 13 rings (SSSR count). The van der Waals surface area contributed by atoms with Crippen LogP contribution in [0.15, 0.2) is 237 Å². The van der Waals surface area contributed by atoms with E-state index in [1.807, 2.05) is 24.3 Å². The Kier molecular flexibility index (Phi) is 8.57. The fourth-order valence-corrected chi connectivity index (χ4v) is 11.1. The topological polar surface area (TPSA) is 38.7 Å². The van der Waals surface area contributed by atoms with E-state index in [4.69, 9.17) is 15.0 Å². The van der Waals surface area contributed by atoms with Gasteiger partial charge in [0.25, 0.3) is 0 Å². The highest BCUT2D eigenvalue weighted by Gasteiger charge is 2.53. The van der Waals surface area contributed by atoms with Crippen LogP contribution >= 0.6 is 0 Å². The Morgan fingerprint density at radius 2 is 0.892 bits per heavy atom. The molecule has 0 aliphatic heterocycles. The molecule has 2 atom stereocenters. The minimum atomic E-state index is -0.524. The monoisotopic (exact) mass is 827 g/mol. The van der Waals surface area contributed by atoms with E-state index in [0.29, 0.717) is 17.5 Å². The first kappa shape index (κ1) is 37.3. The molecule has 1 heterocycles. The number of hydrogen-bond donors (Lipinski definition) is 0. The molecule has 11 aromatic rings. The van der Waals surface area contributed by atoms with Gasteiger partial charge in [-0.3, -0.25) is 0 Å². The van der Waals surface area contributed by atoms with Gasteiger partial charge in [0.1, 0.15) is 0 Å². The first-order valence-corrected chi connectivity index (χ1v) is 22.5. The van der Waals surface area contributed by atoms with Crippen molar-refractivity contribution < 1.29 is 0 Å². The molecule has 0 amide bonds. The van der Waals surface area contributed by atoms with Gasteiger partial charge in [-0.25, -0.2) is 15.0 Å². The zero-order valence-corrected chi connectivity index (χ0v) is 35.5. The molecule has 0 N–H and O–H groups in total. The van der Waals surface area contributed by atoms with Gasteiger partial charge in [0.15, 0.2) is 17.5 Å². The number of benzene rings is 10. The van der Waals surface area contributed by atoms with E-state index >= 15 is 0 Å². The van der Waals surface area contributed by atoms with E-state index in [1.54, 1.807) is 0 Å². The molecule has 0 bridgehead atoms. The van der Waals surface area contributed by atoms with Crippen LogP contribution in [-0.4, -0.2) is 15.0 Å². The molecule has 304 valence electrons. The van der Waals surface area contributed by atoms with Crippen LogP contribution in [0.1, 0.15) is 34.0 Å². The Balaban J connectivity index is 1.00. The number of aromatic nitrogens is 3. The van der Waals surface area contributed by atoms with Gasteiger partial charge in [0, 0.05) is 28.5 Å². The maximum atomic E-state index is 5.29. The average molecular weight is 828 g/mol. The summed E-state index contributed by atoms with van der Waals surface area (Å²) >= 11 is 0. The molecule has 0 fully saturated rings. The SMILES string of the molecule is C1=CC2c3ccc(-c4ccc5ccc6cccc7ccc4c5c67)cc3C(c3ccccc3)(c3ccccc3)C2C=C1c1nc(-c2ccccc2)nc(-c2ccc(-c3ccccc3)cc2)n1. The molecule has 2 aliphatic carbocycles. The lowest BCUT2D eigenvalue weighted by atomic mass is 9.62. The van der Waals surface area contributed by atoms with E-state index in [0.717, 1.165) is 22.3 Å². The fourth-order valence-electron chi connectivity index (χ4n) is 11.1. The third-order valence-corrected chi connectivity index (χ3v) is 14.0. The second-order valence-electron chi connectivity index (χ2n) is 17.5. The summed E-state index contributed by atoms with van der Waals surface area (Å²) in [5.74, 6) is 2.10. The molecule has 3 nitrogen and oxygen atoms in total. The van der Waals surface area contributed by atoms with Crippen LogP contribution in [0.2, 0.25) is 0 Å². The fraction of sp³-hybridized carbons (Fsp3) is 0.0484. The first-order valence-electron chi connectivity index (χ1n) is 22.5. The predicted molar refractivity (Wildman–Crippen MR) is 268 cm³/mol. The molecule has 10 aromatic carbocycles. The van der Waals surface area contributed by atoms with Gasteiger partial charge in [-0.15, -0.1) is 0 Å².